The van der Waals surface area contributed by atoms with Crippen molar-refractivity contribution < 1.29 is 10.0 Å². The average molecular weight is 229 g/mol. The van der Waals surface area contributed by atoms with Gasteiger partial charge in [-0.15, -0.1) is 0 Å². The van der Waals surface area contributed by atoms with E-state index in [1.807, 2.05) is 13.8 Å². The molecule has 0 aliphatic rings. The third-order valence-corrected chi connectivity index (χ3v) is 3.01. The van der Waals surface area contributed by atoms with E-state index >= 15 is 0 Å². The maximum atomic E-state index is 8.90. The molecule has 0 amide bonds. The number of hydrogen-bond donors (Lipinski definition) is 2. The van der Waals surface area contributed by atoms with Gasteiger partial charge in [0.1, 0.15) is 0 Å². The molecule has 0 aromatic heterocycles. The van der Waals surface area contributed by atoms with E-state index in [1.165, 1.54) is 0 Å². The van der Waals surface area contributed by atoms with Crippen LogP contribution in [0, 0.1) is 13.8 Å². The Kier molecular flexibility index (Phi) is 2.93. The molecular weight excluding hydrogens is 219 g/mol. The van der Waals surface area contributed by atoms with Crippen molar-refractivity contribution in [2.75, 3.05) is 0 Å². The van der Waals surface area contributed by atoms with Gasteiger partial charge < -0.3 is 10.0 Å². The van der Waals surface area contributed by atoms with Crippen LogP contribution in [-0.4, -0.2) is 17.2 Å². The van der Waals surface area contributed by atoms with Crippen LogP contribution < -0.4 is 5.46 Å². The summed E-state index contributed by atoms with van der Waals surface area (Å²) < 4.78 is 1.02. The van der Waals surface area contributed by atoms with E-state index in [9.17, 15) is 0 Å². The van der Waals surface area contributed by atoms with E-state index < -0.39 is 7.12 Å². The van der Waals surface area contributed by atoms with Gasteiger partial charge in [0.25, 0.3) is 0 Å². The van der Waals surface area contributed by atoms with Gasteiger partial charge in [0, 0.05) is 4.47 Å². The molecule has 0 fully saturated rings. The van der Waals surface area contributed by atoms with Crippen LogP contribution in [0.3, 0.4) is 0 Å². The molecule has 64 valence electrons. The summed E-state index contributed by atoms with van der Waals surface area (Å²) in [6.45, 7) is 3.84. The molecule has 1 aromatic rings. The molecule has 1 rings (SSSR count). The second-order valence-electron chi connectivity index (χ2n) is 2.84. The fraction of sp³-hybridized carbons (Fsp3) is 0.250. The summed E-state index contributed by atoms with van der Waals surface area (Å²) in [6.07, 6.45) is 0. The average Bonchev–Trinajstić information content (AvgIpc) is 1.99. The molecule has 0 radical (unpaired) electrons. The fourth-order valence-corrected chi connectivity index (χ4v) is 1.36. The third kappa shape index (κ3) is 1.89. The van der Waals surface area contributed by atoms with E-state index in [0.29, 0.717) is 5.46 Å². The number of benzene rings is 1. The summed E-state index contributed by atoms with van der Waals surface area (Å²) in [6, 6.07) is 3.50. The number of halogens is 1. The van der Waals surface area contributed by atoms with Crippen LogP contribution in [0.2, 0.25) is 0 Å². The van der Waals surface area contributed by atoms with Crippen molar-refractivity contribution in [2.45, 2.75) is 13.8 Å². The molecule has 2 nitrogen and oxygen atoms in total. The molecule has 12 heavy (non-hydrogen) atoms. The highest BCUT2D eigenvalue weighted by Gasteiger charge is 2.12. The molecule has 0 spiro atoms. The van der Waals surface area contributed by atoms with E-state index in [4.69, 9.17) is 10.0 Å². The number of hydrogen-bond acceptors (Lipinski definition) is 2. The van der Waals surface area contributed by atoms with Crippen molar-refractivity contribution in [1.82, 2.24) is 0 Å². The van der Waals surface area contributed by atoms with E-state index in [2.05, 4.69) is 15.9 Å². The van der Waals surface area contributed by atoms with Crippen LogP contribution in [0.15, 0.2) is 16.6 Å². The Morgan fingerprint density at radius 1 is 1.17 bits per heavy atom. The van der Waals surface area contributed by atoms with Crippen LogP contribution in [-0.2, 0) is 0 Å². The molecule has 0 unspecified atom stereocenters. The van der Waals surface area contributed by atoms with Crippen LogP contribution in [0.1, 0.15) is 11.1 Å². The zero-order chi connectivity index (χ0) is 9.30. The van der Waals surface area contributed by atoms with E-state index in [1.54, 1.807) is 12.1 Å². The lowest BCUT2D eigenvalue weighted by atomic mass is 9.79. The molecule has 0 saturated heterocycles. The van der Waals surface area contributed by atoms with E-state index in [-0.39, 0.29) is 0 Å². The Morgan fingerprint density at radius 2 is 1.58 bits per heavy atom. The smallest absolute Gasteiger partial charge is 0.423 e. The molecule has 4 heteroatoms. The second kappa shape index (κ2) is 3.60. The van der Waals surface area contributed by atoms with Gasteiger partial charge in [-0.05, 0) is 30.4 Å². The molecule has 0 atom stereocenters. The fourth-order valence-electron chi connectivity index (χ4n) is 1.13. The topological polar surface area (TPSA) is 40.5 Å². The Bertz CT molecular complexity index is 276. The zero-order valence-corrected chi connectivity index (χ0v) is 8.59. The van der Waals surface area contributed by atoms with Crippen LogP contribution >= 0.6 is 15.9 Å². The first-order valence-corrected chi connectivity index (χ1v) is 4.44. The lowest BCUT2D eigenvalue weighted by Gasteiger charge is -2.06. The minimum atomic E-state index is -1.38. The molecule has 0 heterocycles. The van der Waals surface area contributed by atoms with Gasteiger partial charge in [0.05, 0.1) is 0 Å². The Labute approximate surface area is 80.5 Å². The third-order valence-electron chi connectivity index (χ3n) is 1.76. The lowest BCUT2D eigenvalue weighted by molar-refractivity contribution is 0.425. The Hall–Kier alpha value is -0.315. The standard InChI is InChI=1S/C8H10BBrO2/c1-5-3-7(9(11)12)4-6(2)8(5)10/h3-4,11-12H,1-2H3. The molecule has 0 aliphatic carbocycles. The normalized spacial score (nSPS) is 10.1. The Balaban J connectivity index is 3.21. The van der Waals surface area contributed by atoms with Crippen LogP contribution in [0.4, 0.5) is 0 Å². The van der Waals surface area contributed by atoms with Crippen molar-refractivity contribution >= 4 is 28.5 Å². The second-order valence-corrected chi connectivity index (χ2v) is 3.64. The highest BCUT2D eigenvalue weighted by Crippen LogP contribution is 2.18. The molecule has 0 bridgehead atoms. The predicted octanol–water partition coefficient (Wildman–Crippen LogP) is 0.746. The van der Waals surface area contributed by atoms with Crippen LogP contribution in [0.5, 0.6) is 0 Å². The summed E-state index contributed by atoms with van der Waals surface area (Å²) in [7, 11) is -1.38. The van der Waals surface area contributed by atoms with Crippen molar-refractivity contribution in [3.05, 3.63) is 27.7 Å². The zero-order valence-electron chi connectivity index (χ0n) is 7.00. The quantitative estimate of drug-likeness (QED) is 0.697. The monoisotopic (exact) mass is 228 g/mol. The first kappa shape index (κ1) is 9.77. The molecule has 0 saturated carbocycles. The van der Waals surface area contributed by atoms with Gasteiger partial charge in [-0.1, -0.05) is 28.1 Å². The largest absolute Gasteiger partial charge is 0.488 e. The van der Waals surface area contributed by atoms with Crippen LogP contribution in [0.25, 0.3) is 0 Å². The maximum Gasteiger partial charge on any atom is 0.488 e. The number of rotatable bonds is 1. The molecular formula is C8H10BBrO2. The summed E-state index contributed by atoms with van der Waals surface area (Å²) in [5, 5.41) is 17.8. The number of aryl methyl sites for hydroxylation is 2. The van der Waals surface area contributed by atoms with Gasteiger partial charge in [-0.2, -0.15) is 0 Å². The SMILES string of the molecule is Cc1cc(B(O)O)cc(C)c1Br. The van der Waals surface area contributed by atoms with E-state index in [0.717, 1.165) is 15.6 Å². The minimum Gasteiger partial charge on any atom is -0.423 e. The maximum absolute atomic E-state index is 8.90. The van der Waals surface area contributed by atoms with Gasteiger partial charge in [-0.3, -0.25) is 0 Å². The highest BCUT2D eigenvalue weighted by atomic mass is 79.9. The molecule has 0 aliphatic heterocycles. The highest BCUT2D eigenvalue weighted by molar-refractivity contribution is 9.10. The molecule has 1 aromatic carbocycles. The van der Waals surface area contributed by atoms with Crippen molar-refractivity contribution in [1.29, 1.82) is 0 Å². The minimum absolute atomic E-state index is 0.535. The summed E-state index contributed by atoms with van der Waals surface area (Å²) in [5.74, 6) is 0. The van der Waals surface area contributed by atoms with Gasteiger partial charge in [-0.25, -0.2) is 0 Å². The Morgan fingerprint density at radius 3 is 1.92 bits per heavy atom. The van der Waals surface area contributed by atoms with Crippen molar-refractivity contribution in [3.8, 4) is 0 Å². The first-order chi connectivity index (χ1) is 5.52. The summed E-state index contributed by atoms with van der Waals surface area (Å²) >= 11 is 3.40. The lowest BCUT2D eigenvalue weighted by Crippen LogP contribution is -2.30. The molecule has 2 N–H and O–H groups in total. The predicted molar refractivity (Wildman–Crippen MR) is 53.4 cm³/mol. The van der Waals surface area contributed by atoms with Crippen molar-refractivity contribution in [2.24, 2.45) is 0 Å². The van der Waals surface area contributed by atoms with Gasteiger partial charge in [0.15, 0.2) is 0 Å². The van der Waals surface area contributed by atoms with Gasteiger partial charge in [0.2, 0.25) is 0 Å². The summed E-state index contributed by atoms with van der Waals surface area (Å²) in [5.41, 5.74) is 2.56. The van der Waals surface area contributed by atoms with Gasteiger partial charge >= 0.3 is 7.12 Å². The first-order valence-electron chi connectivity index (χ1n) is 3.65. The van der Waals surface area contributed by atoms with Crippen molar-refractivity contribution in [3.63, 3.8) is 0 Å². The summed E-state index contributed by atoms with van der Waals surface area (Å²) in [4.78, 5) is 0.